The molecule has 0 bridgehead atoms. The van der Waals surface area contributed by atoms with Crippen molar-refractivity contribution in [1.82, 2.24) is 4.98 Å². The van der Waals surface area contributed by atoms with Gasteiger partial charge in [-0.2, -0.15) is 0 Å². The zero-order chi connectivity index (χ0) is 13.8. The van der Waals surface area contributed by atoms with Crippen LogP contribution in [-0.2, 0) is 4.79 Å². The van der Waals surface area contributed by atoms with Crippen molar-refractivity contribution in [3.63, 3.8) is 0 Å². The molecule has 0 amide bonds. The lowest BCUT2D eigenvalue weighted by molar-refractivity contribution is -0.146. The Balaban J connectivity index is 2.24. The van der Waals surface area contributed by atoms with Crippen LogP contribution < -0.4 is 4.74 Å². The summed E-state index contributed by atoms with van der Waals surface area (Å²) in [6, 6.07) is 10.2. The number of pyridine rings is 1. The van der Waals surface area contributed by atoms with Gasteiger partial charge in [0.25, 0.3) is 0 Å². The average molecular weight is 259 g/mol. The normalized spacial score (nSPS) is 11.9. The summed E-state index contributed by atoms with van der Waals surface area (Å²) in [5.74, 6) is -0.736. The maximum atomic E-state index is 10.7. The van der Waals surface area contributed by atoms with Crippen LogP contribution in [0.1, 0.15) is 11.7 Å². The van der Waals surface area contributed by atoms with E-state index >= 15 is 0 Å². The topological polar surface area (TPSA) is 79.7 Å². The molecule has 1 atom stereocenters. The van der Waals surface area contributed by atoms with Crippen molar-refractivity contribution in [3.8, 4) is 17.0 Å². The number of carbonyl (C=O) groups is 1. The van der Waals surface area contributed by atoms with Crippen LogP contribution in [0, 0.1) is 0 Å². The van der Waals surface area contributed by atoms with Gasteiger partial charge >= 0.3 is 5.97 Å². The molecule has 0 aliphatic heterocycles. The molecule has 1 aromatic heterocycles. The lowest BCUT2D eigenvalue weighted by Gasteiger charge is -2.07. The Morgan fingerprint density at radius 1 is 1.16 bits per heavy atom. The van der Waals surface area contributed by atoms with Gasteiger partial charge in [0.05, 0.1) is 7.11 Å². The van der Waals surface area contributed by atoms with Gasteiger partial charge < -0.3 is 14.9 Å². The first-order chi connectivity index (χ1) is 9.11. The second kappa shape index (κ2) is 5.49. The molecular formula is C14H13NO4. The van der Waals surface area contributed by atoms with E-state index in [1.807, 2.05) is 6.07 Å². The summed E-state index contributed by atoms with van der Waals surface area (Å²) in [5.41, 5.74) is 2.12. The summed E-state index contributed by atoms with van der Waals surface area (Å²) in [4.78, 5) is 14.7. The minimum Gasteiger partial charge on any atom is -0.481 e. The third kappa shape index (κ3) is 2.89. The van der Waals surface area contributed by atoms with Gasteiger partial charge in [-0.3, -0.25) is 0 Å². The molecule has 0 aliphatic carbocycles. The Morgan fingerprint density at radius 3 is 2.26 bits per heavy atom. The van der Waals surface area contributed by atoms with Crippen LogP contribution in [0.3, 0.4) is 0 Å². The van der Waals surface area contributed by atoms with E-state index in [2.05, 4.69) is 4.98 Å². The van der Waals surface area contributed by atoms with Crippen LogP contribution in [0.25, 0.3) is 11.1 Å². The van der Waals surface area contributed by atoms with Crippen molar-refractivity contribution < 1.29 is 19.7 Å². The molecule has 2 N–H and O–H groups in total. The van der Waals surface area contributed by atoms with Gasteiger partial charge in [0.15, 0.2) is 6.10 Å². The van der Waals surface area contributed by atoms with E-state index in [1.165, 1.54) is 0 Å². The van der Waals surface area contributed by atoms with E-state index in [0.29, 0.717) is 11.4 Å². The van der Waals surface area contributed by atoms with Crippen LogP contribution in [-0.4, -0.2) is 28.3 Å². The molecule has 2 rings (SSSR count). The summed E-state index contributed by atoms with van der Waals surface area (Å²) in [6.45, 7) is 0. The molecule has 0 spiro atoms. The molecule has 0 fully saturated rings. The molecule has 19 heavy (non-hydrogen) atoms. The lowest BCUT2D eigenvalue weighted by Crippen LogP contribution is -2.10. The predicted molar refractivity (Wildman–Crippen MR) is 68.8 cm³/mol. The Hall–Kier alpha value is -2.40. The summed E-state index contributed by atoms with van der Waals surface area (Å²) < 4.78 is 4.97. The zero-order valence-electron chi connectivity index (χ0n) is 10.3. The molecule has 0 aliphatic rings. The van der Waals surface area contributed by atoms with Gasteiger partial charge in [0.1, 0.15) is 0 Å². The molecule has 0 saturated heterocycles. The fraction of sp³-hybridized carbons (Fsp3) is 0.143. The summed E-state index contributed by atoms with van der Waals surface area (Å²) >= 11 is 0. The van der Waals surface area contributed by atoms with Crippen molar-refractivity contribution in [2.24, 2.45) is 0 Å². The highest BCUT2D eigenvalue weighted by atomic mass is 16.5. The number of hydrogen-bond donors (Lipinski definition) is 2. The summed E-state index contributed by atoms with van der Waals surface area (Å²) in [6.07, 6.45) is 0.171. The van der Waals surface area contributed by atoms with Crippen molar-refractivity contribution >= 4 is 5.97 Å². The summed E-state index contributed by atoms with van der Waals surface area (Å²) in [7, 11) is 1.55. The fourth-order valence-corrected chi connectivity index (χ4v) is 1.67. The SMILES string of the molecule is COc1ccc(-c2ccc([C@H](O)C(=O)O)cc2)cn1. The quantitative estimate of drug-likeness (QED) is 0.876. The molecule has 1 aromatic carbocycles. The number of nitrogens with zero attached hydrogens (tertiary/aromatic N) is 1. The van der Waals surface area contributed by atoms with Gasteiger partial charge in [-0.15, -0.1) is 0 Å². The van der Waals surface area contributed by atoms with Crippen LogP contribution in [0.4, 0.5) is 0 Å². The van der Waals surface area contributed by atoms with E-state index < -0.39 is 12.1 Å². The number of benzene rings is 1. The Labute approximate surface area is 110 Å². The molecule has 0 saturated carbocycles. The zero-order valence-corrected chi connectivity index (χ0v) is 10.3. The van der Waals surface area contributed by atoms with Crippen molar-refractivity contribution in [2.45, 2.75) is 6.10 Å². The molecule has 5 nitrogen and oxygen atoms in total. The number of aliphatic hydroxyl groups excluding tert-OH is 1. The number of hydrogen-bond acceptors (Lipinski definition) is 4. The van der Waals surface area contributed by atoms with Crippen molar-refractivity contribution in [1.29, 1.82) is 0 Å². The lowest BCUT2D eigenvalue weighted by atomic mass is 10.0. The second-order valence-corrected chi connectivity index (χ2v) is 3.95. The number of aliphatic hydroxyl groups is 1. The van der Waals surface area contributed by atoms with Gasteiger partial charge in [-0.1, -0.05) is 24.3 Å². The fourth-order valence-electron chi connectivity index (χ4n) is 1.67. The van der Waals surface area contributed by atoms with Gasteiger partial charge in [-0.25, -0.2) is 9.78 Å². The molecule has 0 unspecified atom stereocenters. The minimum absolute atomic E-state index is 0.345. The Morgan fingerprint density at radius 2 is 1.79 bits per heavy atom. The van der Waals surface area contributed by atoms with Gasteiger partial charge in [-0.05, 0) is 17.2 Å². The number of aliphatic carboxylic acids is 1. The van der Waals surface area contributed by atoms with E-state index in [9.17, 15) is 9.90 Å². The highest BCUT2D eigenvalue weighted by Crippen LogP contribution is 2.22. The molecule has 2 aromatic rings. The highest BCUT2D eigenvalue weighted by molar-refractivity contribution is 5.74. The van der Waals surface area contributed by atoms with Gasteiger partial charge in [0, 0.05) is 17.8 Å². The van der Waals surface area contributed by atoms with E-state index in [1.54, 1.807) is 43.6 Å². The van der Waals surface area contributed by atoms with Crippen LogP contribution in [0.15, 0.2) is 42.6 Å². The Bertz CT molecular complexity index is 563. The van der Waals surface area contributed by atoms with Crippen molar-refractivity contribution in [3.05, 3.63) is 48.2 Å². The molecule has 98 valence electrons. The maximum Gasteiger partial charge on any atom is 0.337 e. The minimum atomic E-state index is -1.50. The number of carboxylic acids is 1. The first kappa shape index (κ1) is 13.0. The van der Waals surface area contributed by atoms with Crippen LogP contribution in [0.2, 0.25) is 0 Å². The monoisotopic (exact) mass is 259 g/mol. The standard InChI is InChI=1S/C14H13NO4/c1-19-12-7-6-11(8-15-12)9-2-4-10(5-3-9)13(16)14(17)18/h2-8,13,16H,1H3,(H,17,18)/t13-/m0/s1. The number of methoxy groups -OCH3 is 1. The molecule has 1 heterocycles. The second-order valence-electron chi connectivity index (χ2n) is 3.95. The first-order valence-electron chi connectivity index (χ1n) is 5.63. The first-order valence-corrected chi connectivity index (χ1v) is 5.63. The Kier molecular flexibility index (Phi) is 3.77. The van der Waals surface area contributed by atoms with E-state index in [-0.39, 0.29) is 0 Å². The third-order valence-corrected chi connectivity index (χ3v) is 2.74. The molecule has 0 radical (unpaired) electrons. The van der Waals surface area contributed by atoms with E-state index in [0.717, 1.165) is 11.1 Å². The summed E-state index contributed by atoms with van der Waals surface area (Å²) in [5, 5.41) is 18.1. The van der Waals surface area contributed by atoms with Crippen LogP contribution >= 0.6 is 0 Å². The molecule has 5 heteroatoms. The van der Waals surface area contributed by atoms with Gasteiger partial charge in [0.2, 0.25) is 5.88 Å². The predicted octanol–water partition coefficient (Wildman–Crippen LogP) is 1.88. The average Bonchev–Trinajstić information content (AvgIpc) is 2.46. The largest absolute Gasteiger partial charge is 0.481 e. The van der Waals surface area contributed by atoms with E-state index in [4.69, 9.17) is 9.84 Å². The highest BCUT2D eigenvalue weighted by Gasteiger charge is 2.15. The number of rotatable bonds is 4. The van der Waals surface area contributed by atoms with Crippen LogP contribution in [0.5, 0.6) is 5.88 Å². The maximum absolute atomic E-state index is 10.7. The third-order valence-electron chi connectivity index (χ3n) is 2.74. The van der Waals surface area contributed by atoms with Crippen molar-refractivity contribution in [2.75, 3.05) is 7.11 Å². The number of aromatic nitrogens is 1. The smallest absolute Gasteiger partial charge is 0.337 e. The number of carboxylic acid groups (broad SMARTS) is 1. The molecular weight excluding hydrogens is 246 g/mol. The number of ether oxygens (including phenoxy) is 1.